The quantitative estimate of drug-likeness (QED) is 0.109. The Labute approximate surface area is 193 Å². The van der Waals surface area contributed by atoms with Crippen LogP contribution in [0.1, 0.15) is 32.1 Å². The molecule has 3 aliphatic rings. The molecule has 0 aromatic heterocycles. The summed E-state index contributed by atoms with van der Waals surface area (Å²) in [4.78, 5) is 35.2. The molecule has 3 fully saturated rings. The highest BCUT2D eigenvalue weighted by Gasteiger charge is 2.54. The van der Waals surface area contributed by atoms with Gasteiger partial charge in [-0.3, -0.25) is 4.79 Å². The smallest absolute Gasteiger partial charge is 0.364 e. The number of aliphatic carboxylic acids is 1. The fourth-order valence-electron chi connectivity index (χ4n) is 4.43. The molecule has 1 unspecified atom stereocenters. The van der Waals surface area contributed by atoms with Crippen LogP contribution in [0.25, 0.3) is 0 Å². The van der Waals surface area contributed by atoms with Crippen LogP contribution >= 0.6 is 11.8 Å². The Morgan fingerprint density at radius 3 is 2.67 bits per heavy atom. The molecule has 9 atom stereocenters. The molecular formula is C19H31N3O10S. The third-order valence-corrected chi connectivity index (χ3v) is 7.75. The number of rotatable bonds is 10. The van der Waals surface area contributed by atoms with Crippen LogP contribution in [0.15, 0.2) is 0 Å². The minimum atomic E-state index is -2.83. The summed E-state index contributed by atoms with van der Waals surface area (Å²) in [5.74, 6) is -4.29. The Hall–Kier alpha value is -1.68. The number of carbonyl (C=O) groups is 3. The van der Waals surface area contributed by atoms with Crippen molar-refractivity contribution in [2.75, 3.05) is 12.4 Å². The van der Waals surface area contributed by atoms with Gasteiger partial charge in [0.15, 0.2) is 0 Å². The lowest BCUT2D eigenvalue weighted by atomic mass is 9.88. The van der Waals surface area contributed by atoms with Crippen molar-refractivity contribution in [2.45, 2.75) is 85.7 Å². The second-order valence-electron chi connectivity index (χ2n) is 8.64. The van der Waals surface area contributed by atoms with E-state index < -0.39 is 61.1 Å². The summed E-state index contributed by atoms with van der Waals surface area (Å²) in [6.07, 6.45) is -5.60. The van der Waals surface area contributed by atoms with E-state index in [-0.39, 0.29) is 29.8 Å². The molecule has 0 saturated carbocycles. The largest absolute Gasteiger partial charge is 0.477 e. The van der Waals surface area contributed by atoms with Gasteiger partial charge in [-0.25, -0.2) is 9.59 Å². The molecule has 13 nitrogen and oxygen atoms in total. The number of carboxylic acids is 1. The van der Waals surface area contributed by atoms with E-state index in [9.17, 15) is 39.9 Å². The maximum atomic E-state index is 12.5. The number of hydrogen-bond acceptors (Lipinski definition) is 10. The lowest BCUT2D eigenvalue weighted by molar-refractivity contribution is -0.295. The van der Waals surface area contributed by atoms with E-state index in [1.807, 2.05) is 0 Å². The predicted octanol–water partition coefficient (Wildman–Crippen LogP) is -3.17. The van der Waals surface area contributed by atoms with Gasteiger partial charge in [-0.2, -0.15) is 11.8 Å². The average Bonchev–Trinajstić information content (AvgIpc) is 3.31. The van der Waals surface area contributed by atoms with Gasteiger partial charge in [0.2, 0.25) is 5.91 Å². The third kappa shape index (κ3) is 5.88. The lowest BCUT2D eigenvalue weighted by Crippen LogP contribution is -2.67. The molecule has 3 saturated heterocycles. The van der Waals surface area contributed by atoms with Crippen molar-refractivity contribution in [2.24, 2.45) is 0 Å². The van der Waals surface area contributed by atoms with Crippen LogP contribution in [0.5, 0.6) is 0 Å². The lowest BCUT2D eigenvalue weighted by Gasteiger charge is -2.44. The van der Waals surface area contributed by atoms with Crippen LogP contribution in [0.4, 0.5) is 4.79 Å². The number of carboxylic acid groups (broad SMARTS) is 1. The number of unbranched alkanes of at least 4 members (excludes halogenated alkanes) is 1. The first-order chi connectivity index (χ1) is 15.6. The first-order valence-corrected chi connectivity index (χ1v) is 11.9. The highest BCUT2D eigenvalue weighted by Crippen LogP contribution is 2.33. The van der Waals surface area contributed by atoms with Gasteiger partial charge in [0.1, 0.15) is 18.3 Å². The summed E-state index contributed by atoms with van der Waals surface area (Å²) in [5, 5.41) is 67.3. The van der Waals surface area contributed by atoms with E-state index in [0.717, 1.165) is 12.2 Å². The number of nitrogens with one attached hydrogen (secondary N) is 3. The highest BCUT2D eigenvalue weighted by atomic mass is 32.2. The monoisotopic (exact) mass is 493 g/mol. The van der Waals surface area contributed by atoms with Gasteiger partial charge in [-0.1, -0.05) is 6.42 Å². The predicted molar refractivity (Wildman–Crippen MR) is 113 cm³/mol. The second-order valence-corrected chi connectivity index (χ2v) is 9.92. The number of hydrogen-bond donors (Lipinski definition) is 9. The molecule has 33 heavy (non-hydrogen) atoms. The number of thioether (sulfide) groups is 1. The molecular weight excluding hydrogens is 462 g/mol. The Morgan fingerprint density at radius 1 is 1.27 bits per heavy atom. The number of ether oxygens (including phenoxy) is 1. The minimum absolute atomic E-state index is 0.0686. The van der Waals surface area contributed by atoms with Crippen LogP contribution in [0.2, 0.25) is 0 Å². The Balaban J connectivity index is 1.52. The summed E-state index contributed by atoms with van der Waals surface area (Å²) in [6.45, 7) is -0.889. The summed E-state index contributed by atoms with van der Waals surface area (Å²) in [7, 11) is 0. The van der Waals surface area contributed by atoms with Crippen molar-refractivity contribution in [3.05, 3.63) is 0 Å². The van der Waals surface area contributed by atoms with E-state index in [1.165, 1.54) is 0 Å². The van der Waals surface area contributed by atoms with Crippen LogP contribution in [0, 0.1) is 0 Å². The molecule has 3 aliphatic heterocycles. The average molecular weight is 494 g/mol. The van der Waals surface area contributed by atoms with E-state index in [0.29, 0.717) is 12.8 Å². The number of aliphatic hydroxyl groups excluding tert-OH is 4. The summed E-state index contributed by atoms with van der Waals surface area (Å²) in [6, 6.07) is -1.30. The topological polar surface area (TPSA) is 218 Å². The Bertz CT molecular complexity index is 745. The Kier molecular flexibility index (Phi) is 8.42. The van der Waals surface area contributed by atoms with Gasteiger partial charge in [0, 0.05) is 23.8 Å². The number of amides is 3. The molecule has 14 heteroatoms. The highest BCUT2D eigenvalue weighted by molar-refractivity contribution is 8.00. The molecule has 188 valence electrons. The summed E-state index contributed by atoms with van der Waals surface area (Å²) in [5.41, 5.74) is 0. The number of urea groups is 1. The first kappa shape index (κ1) is 25.9. The van der Waals surface area contributed by atoms with Crippen LogP contribution in [-0.4, -0.2) is 114 Å². The van der Waals surface area contributed by atoms with Gasteiger partial charge < -0.3 is 51.3 Å². The summed E-state index contributed by atoms with van der Waals surface area (Å²) < 4.78 is 5.06. The molecule has 3 amide bonds. The molecule has 0 spiro atoms. The number of carbonyl (C=O) groups excluding carboxylic acids is 2. The zero-order valence-corrected chi connectivity index (χ0v) is 18.6. The molecule has 0 aromatic rings. The van der Waals surface area contributed by atoms with Gasteiger partial charge in [0.25, 0.3) is 5.79 Å². The molecule has 3 heterocycles. The zero-order valence-electron chi connectivity index (χ0n) is 17.8. The molecule has 9 N–H and O–H groups in total. The van der Waals surface area contributed by atoms with E-state index in [2.05, 4.69) is 16.0 Å². The molecule has 0 radical (unpaired) electrons. The van der Waals surface area contributed by atoms with Gasteiger partial charge >= 0.3 is 12.0 Å². The number of fused-ring (bicyclic) bond motifs is 1. The number of aliphatic hydroxyl groups is 5. The standard InChI is InChI=1S/C19H31N3O10S/c23-6-10(25)15(27)16-14(9(24)5-19(31,32-16)17(28)29)21-12(26)4-2-1-3-11-13-8(7-33-11)20-18(30)22-13/h8-11,13-16,23-25,27,31H,1-7H2,(H,21,26)(H,28,29)(H2,20,22,30)/t8-,9-,10+,11-,13-,14+,15+,16+,19?/m0/s1. The molecule has 0 bridgehead atoms. The van der Waals surface area contributed by atoms with Gasteiger partial charge in [0.05, 0.1) is 30.8 Å². The van der Waals surface area contributed by atoms with Crippen molar-refractivity contribution in [3.8, 4) is 0 Å². The molecule has 0 aromatic carbocycles. The fourth-order valence-corrected chi connectivity index (χ4v) is 5.98. The van der Waals surface area contributed by atoms with Crippen LogP contribution in [-0.2, 0) is 14.3 Å². The van der Waals surface area contributed by atoms with Crippen molar-refractivity contribution in [3.63, 3.8) is 0 Å². The van der Waals surface area contributed by atoms with E-state index in [1.54, 1.807) is 11.8 Å². The zero-order chi connectivity index (χ0) is 24.3. The molecule has 3 rings (SSSR count). The van der Waals surface area contributed by atoms with Crippen molar-refractivity contribution in [1.29, 1.82) is 0 Å². The maximum Gasteiger partial charge on any atom is 0.364 e. The van der Waals surface area contributed by atoms with Gasteiger partial charge in [-0.15, -0.1) is 0 Å². The van der Waals surface area contributed by atoms with Crippen LogP contribution < -0.4 is 16.0 Å². The SMILES string of the molecule is O=C(CCCC[C@@H]1SC[C@@H]2NC(=O)N[C@@H]21)N[C@H]1[C@H]([C@H](O)[C@H](O)CO)OC(O)(C(=O)O)C[C@@H]1O. The third-order valence-electron chi connectivity index (χ3n) is 6.25. The molecule has 0 aliphatic carbocycles. The van der Waals surface area contributed by atoms with Crippen molar-refractivity contribution >= 4 is 29.7 Å². The first-order valence-electron chi connectivity index (χ1n) is 10.8. The maximum absolute atomic E-state index is 12.5. The fraction of sp³-hybridized carbons (Fsp3) is 0.842. The Morgan fingerprint density at radius 2 is 2.00 bits per heavy atom. The van der Waals surface area contributed by atoms with Crippen molar-refractivity contribution < 1.29 is 49.8 Å². The van der Waals surface area contributed by atoms with E-state index in [4.69, 9.17) is 9.84 Å². The van der Waals surface area contributed by atoms with Crippen molar-refractivity contribution in [1.82, 2.24) is 16.0 Å². The van der Waals surface area contributed by atoms with Gasteiger partial charge in [-0.05, 0) is 12.8 Å². The van der Waals surface area contributed by atoms with E-state index >= 15 is 0 Å². The normalized spacial score (nSPS) is 37.5. The summed E-state index contributed by atoms with van der Waals surface area (Å²) >= 11 is 1.76. The second kappa shape index (κ2) is 10.7. The minimum Gasteiger partial charge on any atom is -0.477 e. The van der Waals surface area contributed by atoms with Crippen LogP contribution in [0.3, 0.4) is 0 Å².